The number of amides is 1. The van der Waals surface area contributed by atoms with Crippen LogP contribution in [0.3, 0.4) is 0 Å². The van der Waals surface area contributed by atoms with Gasteiger partial charge < -0.3 is 15.0 Å². The van der Waals surface area contributed by atoms with Crippen LogP contribution in [0, 0.1) is 0 Å². The number of hydrogen-bond acceptors (Lipinski definition) is 4. The van der Waals surface area contributed by atoms with E-state index in [9.17, 15) is 4.79 Å². The average Bonchev–Trinajstić information content (AvgIpc) is 2.79. The van der Waals surface area contributed by atoms with Crippen molar-refractivity contribution in [3.8, 4) is 11.5 Å². The van der Waals surface area contributed by atoms with Crippen LogP contribution >= 0.6 is 0 Å². The first-order valence-electron chi connectivity index (χ1n) is 10.1. The van der Waals surface area contributed by atoms with Gasteiger partial charge in [0.15, 0.2) is 0 Å². The Morgan fingerprint density at radius 1 is 0.931 bits per heavy atom. The van der Waals surface area contributed by atoms with Gasteiger partial charge in [-0.25, -0.2) is 4.98 Å². The monoisotopic (exact) mass is 387 g/mol. The molecule has 0 radical (unpaired) electrons. The van der Waals surface area contributed by atoms with Crippen molar-refractivity contribution >= 4 is 11.7 Å². The van der Waals surface area contributed by atoms with E-state index in [4.69, 9.17) is 4.74 Å². The van der Waals surface area contributed by atoms with E-state index in [1.54, 1.807) is 12.1 Å². The minimum atomic E-state index is -0.128. The van der Waals surface area contributed by atoms with E-state index in [1.165, 1.54) is 19.3 Å². The number of rotatable bonds is 6. The van der Waals surface area contributed by atoms with E-state index >= 15 is 0 Å². The fraction of sp³-hybridized carbons (Fsp3) is 0.250. The molecule has 5 nitrogen and oxygen atoms in total. The number of para-hydroxylation sites is 1. The molecule has 5 heteroatoms. The number of pyridine rings is 1. The van der Waals surface area contributed by atoms with Crippen LogP contribution < -0.4 is 15.0 Å². The number of carbonyl (C=O) groups is 1. The van der Waals surface area contributed by atoms with Gasteiger partial charge in [-0.1, -0.05) is 30.3 Å². The molecule has 1 saturated heterocycles. The molecule has 1 aliphatic rings. The van der Waals surface area contributed by atoms with Crippen LogP contribution in [0.15, 0.2) is 72.9 Å². The lowest BCUT2D eigenvalue weighted by molar-refractivity contribution is 0.0950. The van der Waals surface area contributed by atoms with E-state index in [2.05, 4.69) is 15.2 Å². The smallest absolute Gasteiger partial charge is 0.251 e. The van der Waals surface area contributed by atoms with Crippen LogP contribution in [0.5, 0.6) is 11.5 Å². The summed E-state index contributed by atoms with van der Waals surface area (Å²) in [5.41, 5.74) is 1.61. The molecule has 0 bridgehead atoms. The largest absolute Gasteiger partial charge is 0.457 e. The number of nitrogens with zero attached hydrogens (tertiary/aromatic N) is 2. The fourth-order valence-corrected chi connectivity index (χ4v) is 3.56. The molecule has 1 amide bonds. The molecule has 29 heavy (non-hydrogen) atoms. The van der Waals surface area contributed by atoms with Gasteiger partial charge in [0.05, 0.1) is 0 Å². The highest BCUT2D eigenvalue weighted by Crippen LogP contribution is 2.23. The summed E-state index contributed by atoms with van der Waals surface area (Å²) in [5, 5.41) is 3.02. The molecule has 0 aliphatic carbocycles. The summed E-state index contributed by atoms with van der Waals surface area (Å²) in [6, 6.07) is 20.7. The van der Waals surface area contributed by atoms with Gasteiger partial charge >= 0.3 is 0 Å². The molecule has 0 saturated carbocycles. The van der Waals surface area contributed by atoms with E-state index in [0.29, 0.717) is 17.9 Å². The maximum Gasteiger partial charge on any atom is 0.251 e. The lowest BCUT2D eigenvalue weighted by Gasteiger charge is -2.29. The summed E-state index contributed by atoms with van der Waals surface area (Å²) in [6.07, 6.45) is 5.48. The highest BCUT2D eigenvalue weighted by molar-refractivity contribution is 5.94. The second kappa shape index (κ2) is 9.24. The Hall–Kier alpha value is -3.34. The zero-order valence-corrected chi connectivity index (χ0v) is 16.4. The Morgan fingerprint density at radius 2 is 1.72 bits per heavy atom. The molecule has 1 aliphatic heterocycles. The van der Waals surface area contributed by atoms with Gasteiger partial charge in [0.25, 0.3) is 5.91 Å². The van der Waals surface area contributed by atoms with Gasteiger partial charge in [-0.2, -0.15) is 0 Å². The zero-order valence-electron chi connectivity index (χ0n) is 16.4. The number of ether oxygens (including phenoxy) is 1. The van der Waals surface area contributed by atoms with Crippen molar-refractivity contribution in [1.29, 1.82) is 0 Å². The molecule has 0 atom stereocenters. The van der Waals surface area contributed by atoms with Crippen molar-refractivity contribution in [3.05, 3.63) is 84.1 Å². The van der Waals surface area contributed by atoms with Crippen LogP contribution in [0.1, 0.15) is 35.2 Å². The maximum atomic E-state index is 12.7. The summed E-state index contributed by atoms with van der Waals surface area (Å²) in [6.45, 7) is 2.50. The third-order valence-electron chi connectivity index (χ3n) is 5.04. The topological polar surface area (TPSA) is 54.5 Å². The highest BCUT2D eigenvalue weighted by Gasteiger charge is 2.16. The lowest BCUT2D eigenvalue weighted by Crippen LogP contribution is -2.32. The van der Waals surface area contributed by atoms with Crippen LogP contribution in [-0.2, 0) is 6.54 Å². The molecule has 2 aromatic carbocycles. The SMILES string of the molecule is O=C(NCc1cccnc1N1CCCCC1)c1cccc(Oc2ccccc2)c1. The van der Waals surface area contributed by atoms with Crippen molar-refractivity contribution < 1.29 is 9.53 Å². The Bertz CT molecular complexity index is 953. The molecule has 0 unspecified atom stereocenters. The van der Waals surface area contributed by atoms with Crippen molar-refractivity contribution in [1.82, 2.24) is 10.3 Å². The summed E-state index contributed by atoms with van der Waals surface area (Å²) in [4.78, 5) is 19.6. The van der Waals surface area contributed by atoms with E-state index in [0.717, 1.165) is 30.2 Å². The number of aromatic nitrogens is 1. The summed E-state index contributed by atoms with van der Waals surface area (Å²) < 4.78 is 5.83. The molecule has 0 spiro atoms. The normalized spacial score (nSPS) is 13.7. The highest BCUT2D eigenvalue weighted by atomic mass is 16.5. The Balaban J connectivity index is 1.42. The third kappa shape index (κ3) is 4.93. The fourth-order valence-electron chi connectivity index (χ4n) is 3.56. The molecule has 148 valence electrons. The van der Waals surface area contributed by atoms with Gasteiger partial charge in [-0.3, -0.25) is 4.79 Å². The molecular formula is C24H25N3O2. The van der Waals surface area contributed by atoms with Crippen LogP contribution in [0.2, 0.25) is 0 Å². The van der Waals surface area contributed by atoms with Gasteiger partial charge in [0.2, 0.25) is 0 Å². The van der Waals surface area contributed by atoms with E-state index in [1.807, 2.05) is 60.8 Å². The van der Waals surface area contributed by atoms with Gasteiger partial charge in [0.1, 0.15) is 17.3 Å². The zero-order chi connectivity index (χ0) is 19.9. The molecule has 1 aromatic heterocycles. The van der Waals surface area contributed by atoms with Crippen LogP contribution in [0.25, 0.3) is 0 Å². The Morgan fingerprint density at radius 3 is 2.55 bits per heavy atom. The number of benzene rings is 2. The minimum absolute atomic E-state index is 0.128. The molecule has 1 fully saturated rings. The van der Waals surface area contributed by atoms with Crippen LogP contribution in [-0.4, -0.2) is 24.0 Å². The number of carbonyl (C=O) groups excluding carboxylic acids is 1. The molecule has 4 rings (SSSR count). The summed E-state index contributed by atoms with van der Waals surface area (Å²) in [7, 11) is 0. The number of anilines is 1. The Labute approximate surface area is 171 Å². The Kier molecular flexibility index (Phi) is 6.05. The molecule has 2 heterocycles. The van der Waals surface area contributed by atoms with Crippen molar-refractivity contribution in [2.75, 3.05) is 18.0 Å². The van der Waals surface area contributed by atoms with Crippen molar-refractivity contribution in [2.45, 2.75) is 25.8 Å². The first-order valence-corrected chi connectivity index (χ1v) is 10.1. The third-order valence-corrected chi connectivity index (χ3v) is 5.04. The quantitative estimate of drug-likeness (QED) is 0.660. The summed E-state index contributed by atoms with van der Waals surface area (Å²) >= 11 is 0. The van der Waals surface area contributed by atoms with Crippen molar-refractivity contribution in [2.24, 2.45) is 0 Å². The lowest BCUT2D eigenvalue weighted by atomic mass is 10.1. The number of piperidine rings is 1. The van der Waals surface area contributed by atoms with E-state index in [-0.39, 0.29) is 5.91 Å². The number of hydrogen-bond donors (Lipinski definition) is 1. The number of nitrogens with one attached hydrogen (secondary N) is 1. The molecule has 1 N–H and O–H groups in total. The van der Waals surface area contributed by atoms with Crippen LogP contribution in [0.4, 0.5) is 5.82 Å². The minimum Gasteiger partial charge on any atom is -0.457 e. The van der Waals surface area contributed by atoms with Gasteiger partial charge in [-0.05, 0) is 55.7 Å². The van der Waals surface area contributed by atoms with Crippen molar-refractivity contribution in [3.63, 3.8) is 0 Å². The second-order valence-electron chi connectivity index (χ2n) is 7.16. The predicted octanol–water partition coefficient (Wildman–Crippen LogP) is 4.79. The predicted molar refractivity (Wildman–Crippen MR) is 114 cm³/mol. The van der Waals surface area contributed by atoms with Gasteiger partial charge in [0, 0.05) is 37.0 Å². The summed E-state index contributed by atoms with van der Waals surface area (Å²) in [5.74, 6) is 2.23. The first-order chi connectivity index (χ1) is 14.3. The van der Waals surface area contributed by atoms with E-state index < -0.39 is 0 Å². The average molecular weight is 387 g/mol. The maximum absolute atomic E-state index is 12.7. The van der Waals surface area contributed by atoms with Gasteiger partial charge in [-0.15, -0.1) is 0 Å². The second-order valence-corrected chi connectivity index (χ2v) is 7.16. The first kappa shape index (κ1) is 19.0. The molecule has 3 aromatic rings. The standard InChI is InChI=1S/C24H25N3O2/c28-24(19-9-7-13-22(17-19)29-21-11-3-1-4-12-21)26-18-20-10-8-14-25-23(20)27-15-5-2-6-16-27/h1,3-4,7-14,17H,2,5-6,15-16,18H2,(H,26,28). The molecular weight excluding hydrogens is 362 g/mol.